The molecule has 10 heteroatoms. The number of nitrogens with zero attached hydrogens (tertiary/aromatic N) is 1. The van der Waals surface area contributed by atoms with E-state index in [4.69, 9.17) is 32.7 Å². The summed E-state index contributed by atoms with van der Waals surface area (Å²) < 4.78 is 10.7. The number of benzene rings is 3. The van der Waals surface area contributed by atoms with Crippen LogP contribution < -0.4 is 20.2 Å². The highest BCUT2D eigenvalue weighted by Gasteiger charge is 2.13. The van der Waals surface area contributed by atoms with E-state index in [9.17, 15) is 14.4 Å². The smallest absolute Gasteiger partial charge is 0.343 e. The maximum absolute atomic E-state index is 12.3. The highest BCUT2D eigenvalue weighted by atomic mass is 35.5. The van der Waals surface area contributed by atoms with Crippen LogP contribution in [0.4, 0.5) is 5.69 Å². The van der Waals surface area contributed by atoms with E-state index in [-0.39, 0.29) is 5.02 Å². The Morgan fingerprint density at radius 2 is 1.56 bits per heavy atom. The third-order valence-corrected chi connectivity index (χ3v) is 4.99. The maximum atomic E-state index is 12.3. The second-order valence-corrected chi connectivity index (χ2v) is 7.51. The fraction of sp³-hybridized carbons (Fsp3) is 0.0833. The summed E-state index contributed by atoms with van der Waals surface area (Å²) in [5.74, 6) is -1.40. The second-order valence-electron chi connectivity index (χ2n) is 6.70. The van der Waals surface area contributed by atoms with E-state index >= 15 is 0 Å². The van der Waals surface area contributed by atoms with Crippen LogP contribution in [0, 0.1) is 0 Å². The van der Waals surface area contributed by atoms with Crippen molar-refractivity contribution in [3.05, 3.63) is 87.9 Å². The first-order valence-corrected chi connectivity index (χ1v) is 10.8. The molecule has 0 radical (unpaired) electrons. The predicted octanol–water partition coefficient (Wildman–Crippen LogP) is 4.70. The number of rotatable bonds is 7. The SMILES string of the molecule is CCOc1ccc(C(=O)Oc2ccc(/C=N/NC(=O)C(=O)Nc3ccc(Cl)c(Cl)c3)cc2)cc1. The zero-order valence-electron chi connectivity index (χ0n) is 17.9. The van der Waals surface area contributed by atoms with Crippen LogP contribution >= 0.6 is 23.2 Å². The second kappa shape index (κ2) is 11.8. The first-order valence-electron chi connectivity index (χ1n) is 10.00. The van der Waals surface area contributed by atoms with Crippen molar-refractivity contribution in [2.24, 2.45) is 5.10 Å². The van der Waals surface area contributed by atoms with Gasteiger partial charge in [0.05, 0.1) is 28.4 Å². The van der Waals surface area contributed by atoms with Crippen LogP contribution in [-0.2, 0) is 9.59 Å². The highest BCUT2D eigenvalue weighted by Crippen LogP contribution is 2.25. The monoisotopic (exact) mass is 499 g/mol. The zero-order chi connectivity index (χ0) is 24.5. The molecule has 0 aromatic heterocycles. The van der Waals surface area contributed by atoms with E-state index in [2.05, 4.69) is 15.8 Å². The van der Waals surface area contributed by atoms with Gasteiger partial charge < -0.3 is 14.8 Å². The van der Waals surface area contributed by atoms with Gasteiger partial charge in [0.15, 0.2) is 0 Å². The molecule has 3 aromatic rings. The Balaban J connectivity index is 1.50. The van der Waals surface area contributed by atoms with Crippen molar-refractivity contribution in [2.75, 3.05) is 11.9 Å². The van der Waals surface area contributed by atoms with E-state index in [0.717, 1.165) is 0 Å². The molecule has 0 saturated carbocycles. The first-order chi connectivity index (χ1) is 16.4. The van der Waals surface area contributed by atoms with Gasteiger partial charge in [0.2, 0.25) is 0 Å². The fourth-order valence-corrected chi connectivity index (χ4v) is 2.92. The van der Waals surface area contributed by atoms with Crippen LogP contribution in [-0.4, -0.2) is 30.6 Å². The Labute approximate surface area is 205 Å². The standard InChI is InChI=1S/C24H19Cl2N3O5/c1-2-33-18-10-5-16(6-11-18)24(32)34-19-8-3-15(4-9-19)14-27-29-23(31)22(30)28-17-7-12-20(25)21(26)13-17/h3-14H,2H2,1H3,(H,28,30)(H,29,31)/b27-14+. The normalized spacial score (nSPS) is 10.6. The van der Waals surface area contributed by atoms with E-state index in [0.29, 0.717) is 39.9 Å². The average Bonchev–Trinajstić information content (AvgIpc) is 2.83. The number of esters is 1. The van der Waals surface area contributed by atoms with E-state index in [1.54, 1.807) is 48.5 Å². The number of hydrogen-bond acceptors (Lipinski definition) is 6. The van der Waals surface area contributed by atoms with Crippen molar-refractivity contribution in [3.8, 4) is 11.5 Å². The van der Waals surface area contributed by atoms with Crippen molar-refractivity contribution < 1.29 is 23.9 Å². The third kappa shape index (κ3) is 7.06. The molecule has 0 saturated heterocycles. The number of nitrogens with one attached hydrogen (secondary N) is 2. The van der Waals surface area contributed by atoms with Crippen LogP contribution in [0.25, 0.3) is 0 Å². The molecule has 0 spiro atoms. The minimum absolute atomic E-state index is 0.242. The summed E-state index contributed by atoms with van der Waals surface area (Å²) in [6.07, 6.45) is 1.34. The molecule has 3 rings (SSSR count). The van der Waals surface area contributed by atoms with Gasteiger partial charge in [-0.25, -0.2) is 10.2 Å². The number of halogens is 2. The number of carbonyl (C=O) groups is 3. The lowest BCUT2D eigenvalue weighted by molar-refractivity contribution is -0.136. The van der Waals surface area contributed by atoms with Gasteiger partial charge in [0, 0.05) is 5.69 Å². The van der Waals surface area contributed by atoms with Crippen LogP contribution in [0.1, 0.15) is 22.8 Å². The molecule has 0 aliphatic rings. The molecule has 34 heavy (non-hydrogen) atoms. The number of hydrazone groups is 1. The molecule has 0 aliphatic heterocycles. The largest absolute Gasteiger partial charge is 0.494 e. The summed E-state index contributed by atoms with van der Waals surface area (Å²) in [5.41, 5.74) is 3.42. The van der Waals surface area contributed by atoms with Crippen LogP contribution in [0.2, 0.25) is 10.0 Å². The molecule has 0 unspecified atom stereocenters. The summed E-state index contributed by atoms with van der Waals surface area (Å²) in [6.45, 7) is 2.41. The Bertz CT molecular complexity index is 1210. The topological polar surface area (TPSA) is 106 Å². The Morgan fingerprint density at radius 3 is 2.21 bits per heavy atom. The summed E-state index contributed by atoms with van der Waals surface area (Å²) in [7, 11) is 0. The van der Waals surface area contributed by atoms with Gasteiger partial charge >= 0.3 is 17.8 Å². The molecular weight excluding hydrogens is 481 g/mol. The minimum atomic E-state index is -0.969. The predicted molar refractivity (Wildman–Crippen MR) is 130 cm³/mol. The third-order valence-electron chi connectivity index (χ3n) is 4.26. The zero-order valence-corrected chi connectivity index (χ0v) is 19.4. The van der Waals surface area contributed by atoms with Gasteiger partial charge in [-0.15, -0.1) is 0 Å². The Hall–Kier alpha value is -3.88. The van der Waals surface area contributed by atoms with Gasteiger partial charge in [0.1, 0.15) is 11.5 Å². The lowest BCUT2D eigenvalue weighted by Crippen LogP contribution is -2.32. The number of amides is 2. The summed E-state index contributed by atoms with van der Waals surface area (Å²) in [4.78, 5) is 36.1. The molecule has 0 fully saturated rings. The molecule has 0 atom stereocenters. The lowest BCUT2D eigenvalue weighted by Gasteiger charge is -2.06. The Morgan fingerprint density at radius 1 is 0.882 bits per heavy atom. The first kappa shape index (κ1) is 24.8. The Kier molecular flexibility index (Phi) is 8.61. The van der Waals surface area contributed by atoms with Crippen molar-refractivity contribution in [1.82, 2.24) is 5.43 Å². The molecule has 0 bridgehead atoms. The molecule has 174 valence electrons. The van der Waals surface area contributed by atoms with Gasteiger partial charge in [-0.1, -0.05) is 23.2 Å². The number of hydrogen-bond donors (Lipinski definition) is 2. The number of anilines is 1. The van der Waals surface area contributed by atoms with Crippen LogP contribution in [0.5, 0.6) is 11.5 Å². The molecule has 2 amide bonds. The van der Waals surface area contributed by atoms with E-state index in [1.807, 2.05) is 6.92 Å². The summed E-state index contributed by atoms with van der Waals surface area (Å²) in [5, 5.41) is 6.70. The highest BCUT2D eigenvalue weighted by molar-refractivity contribution is 6.43. The summed E-state index contributed by atoms with van der Waals surface area (Å²) >= 11 is 11.7. The molecule has 3 aromatic carbocycles. The van der Waals surface area contributed by atoms with Crippen molar-refractivity contribution in [2.45, 2.75) is 6.92 Å². The van der Waals surface area contributed by atoms with E-state index < -0.39 is 17.8 Å². The fourth-order valence-electron chi connectivity index (χ4n) is 2.62. The van der Waals surface area contributed by atoms with Gasteiger partial charge in [-0.2, -0.15) is 5.10 Å². The quantitative estimate of drug-likeness (QED) is 0.161. The molecule has 0 heterocycles. The molecular formula is C24H19Cl2N3O5. The van der Waals surface area contributed by atoms with Gasteiger partial charge in [-0.05, 0) is 79.2 Å². The van der Waals surface area contributed by atoms with Crippen molar-refractivity contribution in [1.29, 1.82) is 0 Å². The maximum Gasteiger partial charge on any atom is 0.343 e. The van der Waals surface area contributed by atoms with Crippen LogP contribution in [0.15, 0.2) is 71.8 Å². The van der Waals surface area contributed by atoms with Gasteiger partial charge in [0.25, 0.3) is 0 Å². The molecule has 8 nitrogen and oxygen atoms in total. The van der Waals surface area contributed by atoms with E-state index in [1.165, 1.54) is 24.4 Å². The minimum Gasteiger partial charge on any atom is -0.494 e. The van der Waals surface area contributed by atoms with Crippen molar-refractivity contribution >= 4 is 52.9 Å². The van der Waals surface area contributed by atoms with Crippen molar-refractivity contribution in [3.63, 3.8) is 0 Å². The number of ether oxygens (including phenoxy) is 2. The van der Waals surface area contributed by atoms with Gasteiger partial charge in [-0.3, -0.25) is 9.59 Å². The molecule has 0 aliphatic carbocycles. The average molecular weight is 500 g/mol. The van der Waals surface area contributed by atoms with Crippen LogP contribution in [0.3, 0.4) is 0 Å². The number of carbonyl (C=O) groups excluding carboxylic acids is 3. The molecule has 2 N–H and O–H groups in total. The lowest BCUT2D eigenvalue weighted by atomic mass is 10.2. The summed E-state index contributed by atoms with van der Waals surface area (Å²) in [6, 6.07) is 17.5.